The first-order valence-corrected chi connectivity index (χ1v) is 10.1. The Morgan fingerprint density at radius 3 is 2.13 bits per heavy atom. The van der Waals surface area contributed by atoms with Gasteiger partial charge in [0.15, 0.2) is 0 Å². The average molecular weight is 428 g/mol. The monoisotopic (exact) mass is 428 g/mol. The Bertz CT molecular complexity index is 999. The molecule has 0 saturated carbocycles. The number of halogens is 2. The predicted octanol–water partition coefficient (Wildman–Crippen LogP) is 2.72. The van der Waals surface area contributed by atoms with Gasteiger partial charge in [0.05, 0.1) is 24.8 Å². The van der Waals surface area contributed by atoms with Gasteiger partial charge in [0.1, 0.15) is 17.4 Å². The second-order valence-electron chi connectivity index (χ2n) is 7.50. The lowest BCUT2D eigenvalue weighted by Crippen LogP contribution is -2.42. The summed E-state index contributed by atoms with van der Waals surface area (Å²) in [6, 6.07) is 9.61. The van der Waals surface area contributed by atoms with Crippen molar-refractivity contribution in [1.82, 2.24) is 9.80 Å². The number of morpholine rings is 1. The number of nitrogens with zero attached hydrogens (tertiary/aromatic N) is 2. The molecule has 0 bridgehead atoms. The molecule has 4 rings (SSSR count). The van der Waals surface area contributed by atoms with Gasteiger partial charge in [0.25, 0.3) is 11.7 Å². The second-order valence-corrected chi connectivity index (χ2v) is 7.50. The summed E-state index contributed by atoms with van der Waals surface area (Å²) in [5.41, 5.74) is 0.635. The van der Waals surface area contributed by atoms with E-state index in [0.29, 0.717) is 25.3 Å². The summed E-state index contributed by atoms with van der Waals surface area (Å²) in [6.45, 7) is 3.44. The Balaban J connectivity index is 1.72. The summed E-state index contributed by atoms with van der Waals surface area (Å²) in [7, 11) is 0. The van der Waals surface area contributed by atoms with Gasteiger partial charge in [-0.1, -0.05) is 12.1 Å². The smallest absolute Gasteiger partial charge is 0.295 e. The number of ether oxygens (including phenoxy) is 1. The molecule has 8 heteroatoms. The number of amides is 1. The Morgan fingerprint density at radius 1 is 0.935 bits per heavy atom. The van der Waals surface area contributed by atoms with Crippen molar-refractivity contribution >= 4 is 17.4 Å². The first-order valence-electron chi connectivity index (χ1n) is 10.1. The maximum atomic E-state index is 13.5. The predicted molar refractivity (Wildman–Crippen MR) is 109 cm³/mol. The molecule has 2 aliphatic heterocycles. The normalized spacial score (nSPS) is 21.6. The number of hydrogen-bond donors (Lipinski definition) is 1. The van der Waals surface area contributed by atoms with Crippen LogP contribution in [0.15, 0.2) is 54.1 Å². The summed E-state index contributed by atoms with van der Waals surface area (Å²) in [4.78, 5) is 29.3. The van der Waals surface area contributed by atoms with E-state index >= 15 is 0 Å². The van der Waals surface area contributed by atoms with Gasteiger partial charge in [0.2, 0.25) is 0 Å². The summed E-state index contributed by atoms with van der Waals surface area (Å²) >= 11 is 0. The lowest BCUT2D eigenvalue weighted by Gasteiger charge is -2.31. The van der Waals surface area contributed by atoms with Crippen LogP contribution in [0, 0.1) is 11.6 Å². The molecule has 2 aliphatic rings. The summed E-state index contributed by atoms with van der Waals surface area (Å²) in [5.74, 6) is -2.88. The van der Waals surface area contributed by atoms with Gasteiger partial charge < -0.3 is 14.7 Å². The number of aliphatic hydroxyl groups is 1. The third-order valence-electron chi connectivity index (χ3n) is 5.60. The van der Waals surface area contributed by atoms with E-state index in [1.807, 2.05) is 0 Å². The van der Waals surface area contributed by atoms with Crippen molar-refractivity contribution in [1.29, 1.82) is 0 Å². The van der Waals surface area contributed by atoms with Gasteiger partial charge in [-0.3, -0.25) is 14.5 Å². The molecule has 0 aromatic heterocycles. The van der Waals surface area contributed by atoms with Crippen molar-refractivity contribution in [2.75, 3.05) is 39.4 Å². The quantitative estimate of drug-likeness (QED) is 0.451. The van der Waals surface area contributed by atoms with E-state index < -0.39 is 29.4 Å². The molecule has 1 atom stereocenters. The van der Waals surface area contributed by atoms with Gasteiger partial charge in [-0.15, -0.1) is 0 Å². The maximum Gasteiger partial charge on any atom is 0.295 e. The third kappa shape index (κ3) is 4.35. The zero-order chi connectivity index (χ0) is 22.0. The van der Waals surface area contributed by atoms with Crippen LogP contribution in [-0.4, -0.2) is 66.0 Å². The fraction of sp³-hybridized carbons (Fsp3) is 0.304. The van der Waals surface area contributed by atoms with Crippen molar-refractivity contribution in [2.24, 2.45) is 0 Å². The van der Waals surface area contributed by atoms with Crippen molar-refractivity contribution in [2.45, 2.75) is 6.04 Å². The molecule has 1 amide bonds. The molecule has 0 unspecified atom stereocenters. The Kier molecular flexibility index (Phi) is 6.11. The zero-order valence-corrected chi connectivity index (χ0v) is 16.8. The highest BCUT2D eigenvalue weighted by Crippen LogP contribution is 2.39. The van der Waals surface area contributed by atoms with Crippen LogP contribution in [0.5, 0.6) is 0 Å². The Hall–Kier alpha value is -3.10. The van der Waals surface area contributed by atoms with Crippen molar-refractivity contribution in [3.05, 3.63) is 76.9 Å². The number of ketones is 1. The molecule has 0 spiro atoms. The van der Waals surface area contributed by atoms with Gasteiger partial charge in [-0.25, -0.2) is 8.78 Å². The van der Waals surface area contributed by atoms with Crippen LogP contribution in [-0.2, 0) is 14.3 Å². The lowest BCUT2D eigenvalue weighted by atomic mass is 9.95. The standard InChI is InChI=1S/C23H22F2N2O4/c24-17-5-1-15(2-6-17)20-19(21(28)16-3-7-18(25)8-4-16)22(29)23(30)27(20)10-9-26-11-13-31-14-12-26/h1-8,20,28H,9-14H2/t20-/m0/s1. The molecule has 162 valence electrons. The minimum atomic E-state index is -0.869. The van der Waals surface area contributed by atoms with Crippen LogP contribution in [0.3, 0.4) is 0 Å². The summed E-state index contributed by atoms with van der Waals surface area (Å²) in [5, 5.41) is 10.9. The topological polar surface area (TPSA) is 70.1 Å². The number of carbonyl (C=O) groups excluding carboxylic acids is 2. The number of carbonyl (C=O) groups is 2. The van der Waals surface area contributed by atoms with Crippen molar-refractivity contribution in [3.8, 4) is 0 Å². The number of likely N-dealkylation sites (tertiary alicyclic amines) is 1. The maximum absolute atomic E-state index is 13.5. The molecule has 0 aliphatic carbocycles. The molecule has 1 N–H and O–H groups in total. The average Bonchev–Trinajstić information content (AvgIpc) is 3.04. The fourth-order valence-corrected chi connectivity index (χ4v) is 3.94. The lowest BCUT2D eigenvalue weighted by molar-refractivity contribution is -0.140. The molecule has 31 heavy (non-hydrogen) atoms. The molecule has 0 radical (unpaired) electrons. The van der Waals surface area contributed by atoms with E-state index in [1.165, 1.54) is 41.3 Å². The summed E-state index contributed by atoms with van der Waals surface area (Å²) in [6.07, 6.45) is 0. The largest absolute Gasteiger partial charge is 0.507 e. The van der Waals surface area contributed by atoms with E-state index in [9.17, 15) is 23.5 Å². The van der Waals surface area contributed by atoms with E-state index in [2.05, 4.69) is 4.90 Å². The molecule has 2 fully saturated rings. The molecular formula is C23H22F2N2O4. The van der Waals surface area contributed by atoms with Gasteiger partial charge in [0, 0.05) is 31.7 Å². The van der Waals surface area contributed by atoms with Crippen LogP contribution in [0.4, 0.5) is 8.78 Å². The van der Waals surface area contributed by atoms with Crippen LogP contribution < -0.4 is 0 Å². The Morgan fingerprint density at radius 2 is 1.52 bits per heavy atom. The number of rotatable bonds is 5. The van der Waals surface area contributed by atoms with Crippen LogP contribution in [0.25, 0.3) is 5.76 Å². The van der Waals surface area contributed by atoms with Crippen LogP contribution in [0.1, 0.15) is 17.2 Å². The third-order valence-corrected chi connectivity index (χ3v) is 5.60. The fourth-order valence-electron chi connectivity index (χ4n) is 3.94. The summed E-state index contributed by atoms with van der Waals surface area (Å²) < 4.78 is 32.2. The number of benzene rings is 2. The zero-order valence-electron chi connectivity index (χ0n) is 16.8. The van der Waals surface area contributed by atoms with E-state index in [4.69, 9.17) is 4.74 Å². The van der Waals surface area contributed by atoms with E-state index in [1.54, 1.807) is 0 Å². The first kappa shape index (κ1) is 21.1. The second kappa shape index (κ2) is 8.95. The molecule has 2 heterocycles. The van der Waals surface area contributed by atoms with E-state index in [-0.39, 0.29) is 23.4 Å². The van der Waals surface area contributed by atoms with Crippen molar-refractivity contribution < 1.29 is 28.2 Å². The van der Waals surface area contributed by atoms with Crippen molar-refractivity contribution in [3.63, 3.8) is 0 Å². The first-order chi connectivity index (χ1) is 15.0. The van der Waals surface area contributed by atoms with Gasteiger partial charge in [-0.2, -0.15) is 0 Å². The number of aliphatic hydroxyl groups excluding tert-OH is 1. The van der Waals surface area contributed by atoms with E-state index in [0.717, 1.165) is 25.2 Å². The van der Waals surface area contributed by atoms with Crippen LogP contribution >= 0.6 is 0 Å². The number of Topliss-reactive ketones (excluding diaryl/α,β-unsaturated/α-hetero) is 1. The van der Waals surface area contributed by atoms with Gasteiger partial charge >= 0.3 is 0 Å². The molecule has 6 nitrogen and oxygen atoms in total. The molecule has 2 saturated heterocycles. The highest BCUT2D eigenvalue weighted by molar-refractivity contribution is 6.46. The minimum absolute atomic E-state index is 0.0924. The SMILES string of the molecule is O=C1C(=O)N(CCN2CCOCC2)[C@@H](c2ccc(F)cc2)C1=C(O)c1ccc(F)cc1. The highest BCUT2D eigenvalue weighted by atomic mass is 19.1. The molecular weight excluding hydrogens is 406 g/mol. The molecule has 2 aromatic carbocycles. The minimum Gasteiger partial charge on any atom is -0.507 e. The highest BCUT2D eigenvalue weighted by Gasteiger charge is 2.46. The van der Waals surface area contributed by atoms with Gasteiger partial charge in [-0.05, 0) is 42.0 Å². The number of hydrogen-bond acceptors (Lipinski definition) is 5. The molecule has 2 aromatic rings. The van der Waals surface area contributed by atoms with Crippen LogP contribution in [0.2, 0.25) is 0 Å². The Labute approximate surface area is 178 Å².